The molecule has 82 valence electrons. The van der Waals surface area contributed by atoms with E-state index < -0.39 is 0 Å². The summed E-state index contributed by atoms with van der Waals surface area (Å²) in [5, 5.41) is 3.40. The standard InChI is InChI=1S/C13H19NO/c1-10(15)12-7-5-11(6-8-12)9-14-13(2,3)4/h5-8,14H,9H2,1-4H3. The van der Waals surface area contributed by atoms with Crippen molar-refractivity contribution in [1.29, 1.82) is 0 Å². The summed E-state index contributed by atoms with van der Waals surface area (Å²) < 4.78 is 0. The quantitative estimate of drug-likeness (QED) is 0.769. The van der Waals surface area contributed by atoms with Gasteiger partial charge in [0.1, 0.15) is 0 Å². The van der Waals surface area contributed by atoms with E-state index in [1.54, 1.807) is 6.92 Å². The molecule has 0 fully saturated rings. The number of ketones is 1. The normalized spacial score (nSPS) is 11.5. The molecule has 0 atom stereocenters. The highest BCUT2D eigenvalue weighted by Gasteiger charge is 2.08. The minimum absolute atomic E-state index is 0.116. The fourth-order valence-corrected chi connectivity index (χ4v) is 1.22. The van der Waals surface area contributed by atoms with E-state index in [0.717, 1.165) is 12.1 Å². The summed E-state index contributed by atoms with van der Waals surface area (Å²) in [6.07, 6.45) is 0. The van der Waals surface area contributed by atoms with Crippen molar-refractivity contribution >= 4 is 5.78 Å². The third kappa shape index (κ3) is 4.26. The van der Waals surface area contributed by atoms with Crippen molar-refractivity contribution in [3.05, 3.63) is 35.4 Å². The van der Waals surface area contributed by atoms with Crippen LogP contribution in [0.2, 0.25) is 0 Å². The van der Waals surface area contributed by atoms with E-state index in [1.807, 2.05) is 24.3 Å². The first kappa shape index (κ1) is 11.9. The molecule has 1 aromatic carbocycles. The van der Waals surface area contributed by atoms with Crippen molar-refractivity contribution in [2.45, 2.75) is 39.8 Å². The van der Waals surface area contributed by atoms with Crippen molar-refractivity contribution in [3.8, 4) is 0 Å². The van der Waals surface area contributed by atoms with Crippen LogP contribution in [0.25, 0.3) is 0 Å². The van der Waals surface area contributed by atoms with Gasteiger partial charge in [-0.3, -0.25) is 4.79 Å². The third-order valence-electron chi connectivity index (χ3n) is 2.18. The molecule has 1 N–H and O–H groups in total. The topological polar surface area (TPSA) is 29.1 Å². The molecule has 0 bridgehead atoms. The van der Waals surface area contributed by atoms with Gasteiger partial charge in [-0.25, -0.2) is 0 Å². The van der Waals surface area contributed by atoms with Crippen LogP contribution in [0.1, 0.15) is 43.6 Å². The molecule has 0 heterocycles. The summed E-state index contributed by atoms with van der Waals surface area (Å²) in [5.74, 6) is 0.116. The van der Waals surface area contributed by atoms with E-state index in [-0.39, 0.29) is 11.3 Å². The maximum Gasteiger partial charge on any atom is 0.159 e. The second-order valence-corrected chi connectivity index (χ2v) is 4.86. The number of carbonyl (C=O) groups is 1. The van der Waals surface area contributed by atoms with Crippen LogP contribution in [-0.2, 0) is 6.54 Å². The minimum atomic E-state index is 0.116. The zero-order valence-electron chi connectivity index (χ0n) is 9.92. The lowest BCUT2D eigenvalue weighted by Gasteiger charge is -2.20. The first-order chi connectivity index (χ1) is 6.88. The number of benzene rings is 1. The Hall–Kier alpha value is -1.15. The molecule has 2 heteroatoms. The van der Waals surface area contributed by atoms with Crippen LogP contribution in [0, 0.1) is 0 Å². The molecule has 0 unspecified atom stereocenters. The smallest absolute Gasteiger partial charge is 0.159 e. The van der Waals surface area contributed by atoms with E-state index >= 15 is 0 Å². The van der Waals surface area contributed by atoms with Gasteiger partial charge in [-0.15, -0.1) is 0 Å². The molecule has 0 aromatic heterocycles. The number of Topliss-reactive ketones (excluding diaryl/α,β-unsaturated/α-hetero) is 1. The molecular formula is C13H19NO. The Bertz CT molecular complexity index is 333. The molecule has 1 rings (SSSR count). The molecule has 0 aliphatic rings. The Morgan fingerprint density at radius 1 is 1.20 bits per heavy atom. The molecule has 15 heavy (non-hydrogen) atoms. The van der Waals surface area contributed by atoms with Gasteiger partial charge in [0.2, 0.25) is 0 Å². The first-order valence-corrected chi connectivity index (χ1v) is 5.23. The summed E-state index contributed by atoms with van der Waals surface area (Å²) in [6.45, 7) is 8.83. The van der Waals surface area contributed by atoms with Crippen LogP contribution >= 0.6 is 0 Å². The van der Waals surface area contributed by atoms with Gasteiger partial charge in [-0.1, -0.05) is 24.3 Å². The Morgan fingerprint density at radius 2 is 1.73 bits per heavy atom. The maximum absolute atomic E-state index is 11.1. The van der Waals surface area contributed by atoms with Crippen LogP contribution in [0.15, 0.2) is 24.3 Å². The van der Waals surface area contributed by atoms with Gasteiger partial charge in [-0.05, 0) is 33.3 Å². The van der Waals surface area contributed by atoms with Crippen LogP contribution in [-0.4, -0.2) is 11.3 Å². The van der Waals surface area contributed by atoms with E-state index in [2.05, 4.69) is 26.1 Å². The Morgan fingerprint density at radius 3 is 2.13 bits per heavy atom. The number of hydrogen-bond acceptors (Lipinski definition) is 2. The second kappa shape index (κ2) is 4.58. The number of rotatable bonds is 3. The summed E-state index contributed by atoms with van der Waals surface area (Å²) in [7, 11) is 0. The summed E-state index contributed by atoms with van der Waals surface area (Å²) in [5.41, 5.74) is 2.10. The second-order valence-electron chi connectivity index (χ2n) is 4.86. The Labute approximate surface area is 91.7 Å². The minimum Gasteiger partial charge on any atom is -0.308 e. The van der Waals surface area contributed by atoms with Crippen molar-refractivity contribution < 1.29 is 4.79 Å². The molecular weight excluding hydrogens is 186 g/mol. The molecule has 2 nitrogen and oxygen atoms in total. The summed E-state index contributed by atoms with van der Waals surface area (Å²) in [6, 6.07) is 7.74. The van der Waals surface area contributed by atoms with Crippen molar-refractivity contribution in [2.75, 3.05) is 0 Å². The third-order valence-corrected chi connectivity index (χ3v) is 2.18. The van der Waals surface area contributed by atoms with Crippen LogP contribution < -0.4 is 5.32 Å². The largest absolute Gasteiger partial charge is 0.308 e. The predicted molar refractivity (Wildman–Crippen MR) is 63.0 cm³/mol. The van der Waals surface area contributed by atoms with E-state index in [9.17, 15) is 4.79 Å². The molecule has 1 aromatic rings. The lowest BCUT2D eigenvalue weighted by Crippen LogP contribution is -2.35. The first-order valence-electron chi connectivity index (χ1n) is 5.23. The molecule has 0 saturated heterocycles. The van der Waals surface area contributed by atoms with Crippen molar-refractivity contribution in [1.82, 2.24) is 5.32 Å². The van der Waals surface area contributed by atoms with Gasteiger partial charge in [-0.2, -0.15) is 0 Å². The van der Waals surface area contributed by atoms with Gasteiger partial charge in [0.05, 0.1) is 0 Å². The molecule has 0 aliphatic heterocycles. The van der Waals surface area contributed by atoms with Gasteiger partial charge in [0, 0.05) is 17.6 Å². The van der Waals surface area contributed by atoms with E-state index in [0.29, 0.717) is 0 Å². The SMILES string of the molecule is CC(=O)c1ccc(CNC(C)(C)C)cc1. The molecule has 0 amide bonds. The van der Waals surface area contributed by atoms with Gasteiger partial charge >= 0.3 is 0 Å². The number of carbonyl (C=O) groups excluding carboxylic acids is 1. The average Bonchev–Trinajstić information content (AvgIpc) is 2.14. The number of hydrogen-bond donors (Lipinski definition) is 1. The van der Waals surface area contributed by atoms with E-state index in [1.165, 1.54) is 5.56 Å². The van der Waals surface area contributed by atoms with Gasteiger partial charge < -0.3 is 5.32 Å². The lowest BCUT2D eigenvalue weighted by atomic mass is 10.1. The summed E-state index contributed by atoms with van der Waals surface area (Å²) in [4.78, 5) is 11.1. The van der Waals surface area contributed by atoms with E-state index in [4.69, 9.17) is 0 Å². The highest BCUT2D eigenvalue weighted by molar-refractivity contribution is 5.93. The fourth-order valence-electron chi connectivity index (χ4n) is 1.22. The summed E-state index contributed by atoms with van der Waals surface area (Å²) >= 11 is 0. The molecule has 0 aliphatic carbocycles. The molecule has 0 spiro atoms. The Kier molecular flexibility index (Phi) is 3.64. The van der Waals surface area contributed by atoms with Crippen LogP contribution in [0.5, 0.6) is 0 Å². The Balaban J connectivity index is 2.61. The predicted octanol–water partition coefficient (Wildman–Crippen LogP) is 2.78. The van der Waals surface area contributed by atoms with Crippen LogP contribution in [0.3, 0.4) is 0 Å². The van der Waals surface area contributed by atoms with Crippen molar-refractivity contribution in [2.24, 2.45) is 0 Å². The zero-order chi connectivity index (χ0) is 11.5. The maximum atomic E-state index is 11.1. The monoisotopic (exact) mass is 205 g/mol. The van der Waals surface area contributed by atoms with Crippen LogP contribution in [0.4, 0.5) is 0 Å². The lowest BCUT2D eigenvalue weighted by molar-refractivity contribution is 0.101. The zero-order valence-corrected chi connectivity index (χ0v) is 9.92. The molecule has 0 radical (unpaired) electrons. The highest BCUT2D eigenvalue weighted by Crippen LogP contribution is 2.07. The molecule has 0 saturated carbocycles. The fraction of sp³-hybridized carbons (Fsp3) is 0.462. The average molecular weight is 205 g/mol. The van der Waals surface area contributed by atoms with Gasteiger partial charge in [0.25, 0.3) is 0 Å². The van der Waals surface area contributed by atoms with Gasteiger partial charge in [0.15, 0.2) is 5.78 Å². The highest BCUT2D eigenvalue weighted by atomic mass is 16.1. The van der Waals surface area contributed by atoms with Crippen molar-refractivity contribution in [3.63, 3.8) is 0 Å². The number of nitrogens with one attached hydrogen (secondary N) is 1.